The van der Waals surface area contributed by atoms with Crippen molar-refractivity contribution >= 4 is 17.2 Å². The number of nitrogens with two attached hydrogens (primary N) is 1. The first-order chi connectivity index (χ1) is 17.9. The van der Waals surface area contributed by atoms with Gasteiger partial charge in [0.1, 0.15) is 10.7 Å². The van der Waals surface area contributed by atoms with Gasteiger partial charge in [0.05, 0.1) is 11.6 Å². The number of amides is 1. The standard InChI is InChI=1S/C28H30N6O2S/c1-17-16-37-25(30-17)23-9-6-12-34(23)26(35)20-13-21(19-10-11-19)31-22(14-20)24-32-33-27(36-24)28(2,29)15-18-7-4-3-5-8-18/h3-5,7-8,13-14,16,19,23H,6,9-12,15,29H2,1-2H3/t23?,28-/m1/s1. The monoisotopic (exact) mass is 514 g/mol. The molecule has 1 aliphatic carbocycles. The van der Waals surface area contributed by atoms with Gasteiger partial charge >= 0.3 is 0 Å². The number of hydrogen-bond donors (Lipinski definition) is 1. The van der Waals surface area contributed by atoms with Crippen LogP contribution in [0.5, 0.6) is 0 Å². The van der Waals surface area contributed by atoms with Crippen LogP contribution in [0.15, 0.2) is 52.3 Å². The van der Waals surface area contributed by atoms with Gasteiger partial charge in [0, 0.05) is 34.8 Å². The van der Waals surface area contributed by atoms with Gasteiger partial charge in [-0.25, -0.2) is 9.97 Å². The summed E-state index contributed by atoms with van der Waals surface area (Å²) in [6.07, 6.45) is 4.59. The molecular formula is C28H30N6O2S. The van der Waals surface area contributed by atoms with E-state index in [-0.39, 0.29) is 17.8 Å². The fourth-order valence-corrected chi connectivity index (χ4v) is 5.93. The van der Waals surface area contributed by atoms with Crippen molar-refractivity contribution in [3.63, 3.8) is 0 Å². The summed E-state index contributed by atoms with van der Waals surface area (Å²) in [5.74, 6) is 0.984. The maximum Gasteiger partial charge on any atom is 0.266 e. The Hall–Kier alpha value is -3.43. The average molecular weight is 515 g/mol. The lowest BCUT2D eigenvalue weighted by Crippen LogP contribution is -2.35. The average Bonchev–Trinajstić information content (AvgIpc) is 3.25. The Morgan fingerprint density at radius 3 is 2.70 bits per heavy atom. The molecule has 2 aliphatic rings. The van der Waals surface area contributed by atoms with E-state index in [2.05, 4.69) is 15.2 Å². The van der Waals surface area contributed by atoms with Crippen LogP contribution in [0, 0.1) is 6.92 Å². The molecule has 2 atom stereocenters. The smallest absolute Gasteiger partial charge is 0.266 e. The number of aromatic nitrogens is 4. The van der Waals surface area contributed by atoms with Crippen LogP contribution in [0.4, 0.5) is 0 Å². The minimum atomic E-state index is -0.839. The Morgan fingerprint density at radius 1 is 1.16 bits per heavy atom. The second kappa shape index (κ2) is 9.46. The zero-order chi connectivity index (χ0) is 25.6. The molecule has 0 bridgehead atoms. The van der Waals surface area contributed by atoms with E-state index in [1.54, 1.807) is 17.4 Å². The highest BCUT2D eigenvalue weighted by Crippen LogP contribution is 2.41. The normalized spacial score (nSPS) is 19.2. The second-order valence-corrected chi connectivity index (χ2v) is 11.3. The molecule has 190 valence electrons. The van der Waals surface area contributed by atoms with Crippen molar-refractivity contribution in [1.82, 2.24) is 25.1 Å². The maximum absolute atomic E-state index is 13.8. The minimum Gasteiger partial charge on any atom is -0.417 e. The van der Waals surface area contributed by atoms with Crippen molar-refractivity contribution in [3.8, 4) is 11.6 Å². The van der Waals surface area contributed by atoms with Crippen LogP contribution >= 0.6 is 11.3 Å². The van der Waals surface area contributed by atoms with Gasteiger partial charge in [-0.05, 0) is 63.6 Å². The summed E-state index contributed by atoms with van der Waals surface area (Å²) >= 11 is 1.62. The van der Waals surface area contributed by atoms with E-state index in [1.807, 2.05) is 60.5 Å². The third kappa shape index (κ3) is 4.93. The molecule has 1 unspecified atom stereocenters. The number of thiazole rings is 1. The Morgan fingerprint density at radius 2 is 1.97 bits per heavy atom. The highest BCUT2D eigenvalue weighted by molar-refractivity contribution is 7.09. The molecule has 37 heavy (non-hydrogen) atoms. The van der Waals surface area contributed by atoms with E-state index in [0.29, 0.717) is 36.0 Å². The van der Waals surface area contributed by atoms with Crippen LogP contribution in [0.2, 0.25) is 0 Å². The third-order valence-corrected chi connectivity index (χ3v) is 8.13. The van der Waals surface area contributed by atoms with Gasteiger partial charge in [-0.1, -0.05) is 30.3 Å². The van der Waals surface area contributed by atoms with Gasteiger partial charge in [0.2, 0.25) is 5.89 Å². The highest BCUT2D eigenvalue weighted by Gasteiger charge is 2.35. The van der Waals surface area contributed by atoms with Crippen molar-refractivity contribution < 1.29 is 9.21 Å². The predicted octanol–water partition coefficient (Wildman–Crippen LogP) is 5.17. The number of likely N-dealkylation sites (tertiary alicyclic amines) is 1. The van der Waals surface area contributed by atoms with Gasteiger partial charge in [-0.3, -0.25) is 4.79 Å². The largest absolute Gasteiger partial charge is 0.417 e. The molecule has 1 saturated heterocycles. The number of rotatable bonds is 7. The molecular weight excluding hydrogens is 484 g/mol. The molecule has 6 rings (SSSR count). The van der Waals surface area contributed by atoms with Gasteiger partial charge in [0.25, 0.3) is 11.8 Å². The van der Waals surface area contributed by atoms with Crippen molar-refractivity contribution in [2.75, 3.05) is 6.54 Å². The maximum atomic E-state index is 13.8. The SMILES string of the molecule is Cc1csc(C2CCCN2C(=O)c2cc(-c3nnc([C@](C)(N)Cc4ccccc4)o3)nc(C3CC3)c2)n1. The van der Waals surface area contributed by atoms with Crippen molar-refractivity contribution in [2.24, 2.45) is 5.73 Å². The summed E-state index contributed by atoms with van der Waals surface area (Å²) in [5, 5.41) is 11.6. The summed E-state index contributed by atoms with van der Waals surface area (Å²) in [5.41, 5.74) is 9.87. The second-order valence-electron chi connectivity index (χ2n) is 10.4. The molecule has 3 aromatic heterocycles. The van der Waals surface area contributed by atoms with Crippen LogP contribution in [0.1, 0.15) is 82.8 Å². The van der Waals surface area contributed by atoms with E-state index < -0.39 is 5.54 Å². The Bertz CT molecular complexity index is 1430. The number of hydrogen-bond acceptors (Lipinski definition) is 8. The molecule has 9 heteroatoms. The van der Waals surface area contributed by atoms with Gasteiger partial charge in [0.15, 0.2) is 0 Å². The van der Waals surface area contributed by atoms with Gasteiger partial charge in [-0.15, -0.1) is 21.5 Å². The number of aryl methyl sites for hydroxylation is 1. The molecule has 2 N–H and O–H groups in total. The lowest BCUT2D eigenvalue weighted by Gasteiger charge is -2.23. The number of benzene rings is 1. The summed E-state index contributed by atoms with van der Waals surface area (Å²) in [6.45, 7) is 4.59. The molecule has 0 spiro atoms. The van der Waals surface area contributed by atoms with E-state index in [4.69, 9.17) is 15.1 Å². The first-order valence-electron chi connectivity index (χ1n) is 12.8. The molecule has 2 fully saturated rings. The Kier molecular flexibility index (Phi) is 6.12. The quantitative estimate of drug-likeness (QED) is 0.362. The number of nitrogens with zero attached hydrogens (tertiary/aromatic N) is 5. The van der Waals surface area contributed by atoms with Crippen molar-refractivity contribution in [2.45, 2.75) is 63.5 Å². The van der Waals surface area contributed by atoms with E-state index >= 15 is 0 Å². The fourth-order valence-electron chi connectivity index (χ4n) is 4.98. The van der Waals surface area contributed by atoms with Crippen LogP contribution in [0.25, 0.3) is 11.6 Å². The van der Waals surface area contributed by atoms with E-state index in [1.165, 1.54) is 0 Å². The summed E-state index contributed by atoms with van der Waals surface area (Å²) in [6, 6.07) is 13.7. The first kappa shape index (κ1) is 23.9. The summed E-state index contributed by atoms with van der Waals surface area (Å²) in [7, 11) is 0. The van der Waals surface area contributed by atoms with Crippen LogP contribution < -0.4 is 5.73 Å². The molecule has 1 saturated carbocycles. The van der Waals surface area contributed by atoms with E-state index in [9.17, 15) is 4.79 Å². The molecule has 0 radical (unpaired) electrons. The number of carbonyl (C=O) groups excluding carboxylic acids is 1. The first-order valence-corrected chi connectivity index (χ1v) is 13.7. The van der Waals surface area contributed by atoms with Gasteiger partial charge < -0.3 is 15.1 Å². The molecule has 4 aromatic rings. The van der Waals surface area contributed by atoms with Crippen LogP contribution in [-0.2, 0) is 12.0 Å². The Balaban J connectivity index is 1.30. The topological polar surface area (TPSA) is 111 Å². The molecule has 4 heterocycles. The summed E-state index contributed by atoms with van der Waals surface area (Å²) < 4.78 is 6.07. The number of pyridine rings is 1. The lowest BCUT2D eigenvalue weighted by molar-refractivity contribution is 0.0735. The lowest BCUT2D eigenvalue weighted by atomic mass is 9.94. The van der Waals surface area contributed by atoms with Gasteiger partial charge in [-0.2, -0.15) is 0 Å². The highest BCUT2D eigenvalue weighted by atomic mass is 32.1. The van der Waals surface area contributed by atoms with E-state index in [0.717, 1.165) is 47.6 Å². The molecule has 1 amide bonds. The molecule has 1 aliphatic heterocycles. The zero-order valence-corrected chi connectivity index (χ0v) is 21.9. The third-order valence-electron chi connectivity index (χ3n) is 7.07. The number of carbonyl (C=O) groups is 1. The zero-order valence-electron chi connectivity index (χ0n) is 21.1. The molecule has 8 nitrogen and oxygen atoms in total. The van der Waals surface area contributed by atoms with Crippen molar-refractivity contribution in [3.05, 3.63) is 81.3 Å². The molecule has 1 aromatic carbocycles. The summed E-state index contributed by atoms with van der Waals surface area (Å²) in [4.78, 5) is 25.2. The minimum absolute atomic E-state index is 0.00613. The van der Waals surface area contributed by atoms with Crippen LogP contribution in [0.3, 0.4) is 0 Å². The predicted molar refractivity (Wildman–Crippen MR) is 141 cm³/mol. The fraction of sp³-hybridized carbons (Fsp3) is 0.393. The van der Waals surface area contributed by atoms with Crippen molar-refractivity contribution in [1.29, 1.82) is 0 Å². The van der Waals surface area contributed by atoms with Crippen LogP contribution in [-0.4, -0.2) is 37.5 Å². The Labute approximate surface area is 220 Å².